The van der Waals surface area contributed by atoms with Crippen molar-refractivity contribution in [3.8, 4) is 44.6 Å². The molecule has 12 rings (SSSR count). The van der Waals surface area contributed by atoms with Crippen LogP contribution in [0.25, 0.3) is 82.7 Å². The molecular weight excluding hydrogens is 631 g/mol. The molecule has 0 unspecified atom stereocenters. The molecule has 52 heavy (non-hydrogen) atoms. The van der Waals surface area contributed by atoms with Crippen LogP contribution in [0, 0.1) is 0 Å². The number of nitrogens with zero attached hydrogens (tertiary/aromatic N) is 3. The van der Waals surface area contributed by atoms with E-state index in [-0.39, 0.29) is 0 Å². The van der Waals surface area contributed by atoms with Crippen LogP contribution in [0.2, 0.25) is 0 Å². The maximum Gasteiger partial charge on any atom is 0.234 e. The topological polar surface area (TPSA) is 30.2 Å². The fraction of sp³-hybridized carbons (Fsp3) is 0.0204. The van der Waals surface area contributed by atoms with Crippen LogP contribution in [0.4, 0.5) is 0 Å². The van der Waals surface area contributed by atoms with Crippen molar-refractivity contribution in [2.75, 3.05) is 0 Å². The Hall–Kier alpha value is -6.84. The Bertz CT molecular complexity index is 3050. The number of hydrogen-bond donors (Lipinski definition) is 0. The Balaban J connectivity index is 1.22. The van der Waals surface area contributed by atoms with E-state index in [1.807, 2.05) is 22.9 Å². The van der Waals surface area contributed by atoms with Crippen molar-refractivity contribution >= 4 is 38.1 Å². The van der Waals surface area contributed by atoms with Crippen LogP contribution < -0.4 is 0 Å². The summed E-state index contributed by atoms with van der Waals surface area (Å²) in [6.45, 7) is 0. The first-order chi connectivity index (χ1) is 25.8. The fourth-order valence-corrected chi connectivity index (χ4v) is 9.71. The normalized spacial score (nSPS) is 13.5. The minimum atomic E-state index is -0.485. The SMILES string of the molecule is c1ccc2c(c1)-c1ccccc1C21c2c(cc(-c3ccc(-c4cn5cccnc5n4)cc3)c3ccccc23)-c2c1c1ccccc1c1ccccc21. The highest BCUT2D eigenvalue weighted by atomic mass is 15.1. The predicted octanol–water partition coefficient (Wildman–Crippen LogP) is 11.9. The average molecular weight is 660 g/mol. The first-order valence-corrected chi connectivity index (χ1v) is 17.9. The molecule has 240 valence electrons. The van der Waals surface area contributed by atoms with Crippen LogP contribution in [0.5, 0.6) is 0 Å². The lowest BCUT2D eigenvalue weighted by Gasteiger charge is -2.33. The number of rotatable bonds is 2. The number of aromatic nitrogens is 3. The predicted molar refractivity (Wildman–Crippen MR) is 213 cm³/mol. The van der Waals surface area contributed by atoms with Crippen molar-refractivity contribution in [3.05, 3.63) is 199 Å². The summed E-state index contributed by atoms with van der Waals surface area (Å²) in [6, 6.07) is 58.7. The van der Waals surface area contributed by atoms with Crippen LogP contribution >= 0.6 is 0 Å². The molecule has 0 saturated heterocycles. The molecule has 0 radical (unpaired) electrons. The molecule has 3 heteroatoms. The third kappa shape index (κ3) is 3.45. The van der Waals surface area contributed by atoms with Gasteiger partial charge in [0.1, 0.15) is 0 Å². The fourth-order valence-electron chi connectivity index (χ4n) is 9.71. The molecule has 2 heterocycles. The zero-order valence-corrected chi connectivity index (χ0v) is 28.1. The van der Waals surface area contributed by atoms with Crippen LogP contribution in [0.1, 0.15) is 22.3 Å². The van der Waals surface area contributed by atoms with E-state index in [1.165, 1.54) is 88.0 Å². The van der Waals surface area contributed by atoms with Gasteiger partial charge < -0.3 is 0 Å². The molecule has 0 fully saturated rings. The first kappa shape index (κ1) is 27.9. The lowest BCUT2D eigenvalue weighted by Crippen LogP contribution is -2.26. The van der Waals surface area contributed by atoms with E-state index in [9.17, 15) is 0 Å². The Labute approximate surface area is 300 Å². The Morgan fingerprint density at radius 2 is 1.00 bits per heavy atom. The second-order valence-corrected chi connectivity index (χ2v) is 14.1. The highest BCUT2D eigenvalue weighted by molar-refractivity contribution is 6.22. The minimum Gasteiger partial charge on any atom is -0.291 e. The van der Waals surface area contributed by atoms with Gasteiger partial charge in [-0.2, -0.15) is 0 Å². The lowest BCUT2D eigenvalue weighted by atomic mass is 9.68. The van der Waals surface area contributed by atoms with Crippen LogP contribution in [0.3, 0.4) is 0 Å². The number of imidazole rings is 1. The molecule has 3 nitrogen and oxygen atoms in total. The number of benzene rings is 8. The van der Waals surface area contributed by atoms with E-state index in [0.717, 1.165) is 11.3 Å². The number of hydrogen-bond acceptors (Lipinski definition) is 2. The smallest absolute Gasteiger partial charge is 0.234 e. The quantitative estimate of drug-likeness (QED) is 0.173. The maximum absolute atomic E-state index is 4.79. The Morgan fingerprint density at radius 3 is 1.69 bits per heavy atom. The molecule has 2 aromatic heterocycles. The van der Waals surface area contributed by atoms with Crippen molar-refractivity contribution in [3.63, 3.8) is 0 Å². The van der Waals surface area contributed by atoms with Crippen LogP contribution in [-0.2, 0) is 5.41 Å². The second-order valence-electron chi connectivity index (χ2n) is 14.1. The van der Waals surface area contributed by atoms with E-state index >= 15 is 0 Å². The van der Waals surface area contributed by atoms with E-state index in [1.54, 1.807) is 6.20 Å². The maximum atomic E-state index is 4.79. The van der Waals surface area contributed by atoms with Gasteiger partial charge in [0, 0.05) is 24.2 Å². The van der Waals surface area contributed by atoms with Crippen molar-refractivity contribution in [1.82, 2.24) is 14.4 Å². The van der Waals surface area contributed by atoms with Crippen molar-refractivity contribution in [2.24, 2.45) is 0 Å². The molecule has 2 aliphatic carbocycles. The third-order valence-electron chi connectivity index (χ3n) is 11.7. The molecule has 8 aromatic carbocycles. The first-order valence-electron chi connectivity index (χ1n) is 17.9. The van der Waals surface area contributed by atoms with Crippen LogP contribution in [0.15, 0.2) is 176 Å². The van der Waals surface area contributed by atoms with Gasteiger partial charge in [0.25, 0.3) is 0 Å². The standard InChI is InChI=1S/C49H29N3/c1-4-17-37-32(12-1)33-13-2-6-19-39(33)47-45(37)41-28-40(30-22-24-31(25-23-30)44-29-52-27-11-26-50-48(52)51-44)34-14-3-5-18-38(34)46(41)49(47)42-20-9-7-15-35(42)36-16-8-10-21-43(36)49/h1-29H. The summed E-state index contributed by atoms with van der Waals surface area (Å²) in [6.07, 6.45) is 5.82. The molecule has 0 saturated carbocycles. The van der Waals surface area contributed by atoms with Gasteiger partial charge in [0.05, 0.1) is 11.1 Å². The largest absolute Gasteiger partial charge is 0.291 e. The third-order valence-corrected chi connectivity index (χ3v) is 11.7. The van der Waals surface area contributed by atoms with Gasteiger partial charge in [0.2, 0.25) is 5.78 Å². The summed E-state index contributed by atoms with van der Waals surface area (Å²) in [5, 5.41) is 7.76. The molecule has 0 aliphatic heterocycles. The van der Waals surface area contributed by atoms with Gasteiger partial charge in [-0.1, -0.05) is 146 Å². The summed E-state index contributed by atoms with van der Waals surface area (Å²) >= 11 is 0. The average Bonchev–Trinajstić information content (AvgIpc) is 3.88. The minimum absolute atomic E-state index is 0.485. The van der Waals surface area contributed by atoms with E-state index in [2.05, 4.69) is 157 Å². The molecule has 2 aliphatic rings. The molecule has 0 N–H and O–H groups in total. The zero-order valence-electron chi connectivity index (χ0n) is 28.1. The van der Waals surface area contributed by atoms with Crippen molar-refractivity contribution < 1.29 is 0 Å². The summed E-state index contributed by atoms with van der Waals surface area (Å²) < 4.78 is 1.97. The number of fused-ring (bicyclic) bond motifs is 18. The summed E-state index contributed by atoms with van der Waals surface area (Å²) in [4.78, 5) is 9.22. The summed E-state index contributed by atoms with van der Waals surface area (Å²) in [5.41, 5.74) is 14.7. The Morgan fingerprint density at radius 1 is 0.442 bits per heavy atom. The zero-order chi connectivity index (χ0) is 34.0. The van der Waals surface area contributed by atoms with Gasteiger partial charge in [-0.25, -0.2) is 9.97 Å². The highest BCUT2D eigenvalue weighted by Gasteiger charge is 2.54. The van der Waals surface area contributed by atoms with Gasteiger partial charge in [-0.15, -0.1) is 0 Å². The van der Waals surface area contributed by atoms with Crippen molar-refractivity contribution in [2.45, 2.75) is 5.41 Å². The van der Waals surface area contributed by atoms with Crippen LogP contribution in [-0.4, -0.2) is 14.4 Å². The van der Waals surface area contributed by atoms with E-state index < -0.39 is 5.41 Å². The Kier molecular flexibility index (Phi) is 5.43. The van der Waals surface area contributed by atoms with E-state index in [4.69, 9.17) is 4.98 Å². The summed E-state index contributed by atoms with van der Waals surface area (Å²) in [7, 11) is 0. The molecule has 0 bridgehead atoms. The van der Waals surface area contributed by atoms with Gasteiger partial charge in [-0.3, -0.25) is 4.40 Å². The lowest BCUT2D eigenvalue weighted by molar-refractivity contribution is 0.809. The van der Waals surface area contributed by atoms with Gasteiger partial charge in [-0.05, 0) is 100 Å². The molecular formula is C49H29N3. The van der Waals surface area contributed by atoms with Crippen molar-refractivity contribution in [1.29, 1.82) is 0 Å². The molecule has 1 spiro atoms. The molecule has 10 aromatic rings. The highest BCUT2D eigenvalue weighted by Crippen LogP contribution is 2.67. The molecule has 0 amide bonds. The summed E-state index contributed by atoms with van der Waals surface area (Å²) in [5.74, 6) is 0.702. The van der Waals surface area contributed by atoms with E-state index in [0.29, 0.717) is 5.78 Å². The monoisotopic (exact) mass is 659 g/mol. The molecule has 0 atom stereocenters. The van der Waals surface area contributed by atoms with Gasteiger partial charge in [0.15, 0.2) is 0 Å². The van der Waals surface area contributed by atoms with Gasteiger partial charge >= 0.3 is 0 Å². The second kappa shape index (κ2) is 10.1.